The molecule has 2 rings (SSSR count). The monoisotopic (exact) mass is 272 g/mol. The van der Waals surface area contributed by atoms with Crippen LogP contribution >= 0.6 is 0 Å². The first-order valence-corrected chi connectivity index (χ1v) is 12.0. The third-order valence-electron chi connectivity index (χ3n) is 4.00. The lowest BCUT2D eigenvalue weighted by atomic mass is 10.2. The Kier molecular flexibility index (Phi) is 3.97. The molecule has 0 aromatic carbocycles. The SMILES string of the molecule is CC1=CC([Si](C2C=C(C)C=C2C)=[Si](C)C)C(C)=C1. The lowest BCUT2D eigenvalue weighted by Crippen LogP contribution is -2.24. The fraction of sp³-hybridized carbons (Fsp3) is 0.500. The van der Waals surface area contributed by atoms with Crippen molar-refractivity contribution in [2.45, 2.75) is 51.9 Å². The van der Waals surface area contributed by atoms with E-state index in [0.717, 1.165) is 11.1 Å². The normalized spacial score (nSPS) is 26.6. The van der Waals surface area contributed by atoms with Crippen molar-refractivity contribution < 1.29 is 0 Å². The van der Waals surface area contributed by atoms with Crippen LogP contribution < -0.4 is 0 Å². The van der Waals surface area contributed by atoms with Crippen molar-refractivity contribution in [2.24, 2.45) is 0 Å². The summed E-state index contributed by atoms with van der Waals surface area (Å²) in [5.74, 6) is 0. The molecule has 18 heavy (non-hydrogen) atoms. The van der Waals surface area contributed by atoms with E-state index in [1.807, 2.05) is 0 Å². The van der Waals surface area contributed by atoms with Gasteiger partial charge in [0.05, 0.1) is 0 Å². The van der Waals surface area contributed by atoms with Crippen molar-refractivity contribution in [3.63, 3.8) is 0 Å². The standard InChI is InChI=1S/C16H24Si2/c1-11-7-13(3)15(9-11)18(17(5)6)16-10-12(2)8-14(16)4/h7-10,15-16H,1-6H3. The molecule has 0 aromatic rings. The zero-order valence-electron chi connectivity index (χ0n) is 12.5. The van der Waals surface area contributed by atoms with E-state index >= 15 is 0 Å². The van der Waals surface area contributed by atoms with Gasteiger partial charge in [-0.3, -0.25) is 0 Å². The van der Waals surface area contributed by atoms with Crippen molar-refractivity contribution in [3.05, 3.63) is 46.6 Å². The molecular formula is C16H24Si2. The number of rotatable bonds is 2. The Hall–Kier alpha value is -0.606. The highest BCUT2D eigenvalue weighted by atomic mass is 28.9. The molecule has 2 heteroatoms. The van der Waals surface area contributed by atoms with E-state index in [-0.39, 0.29) is 15.8 Å². The highest BCUT2D eigenvalue weighted by Crippen LogP contribution is 2.39. The van der Waals surface area contributed by atoms with Crippen molar-refractivity contribution in [2.75, 3.05) is 0 Å². The fourth-order valence-corrected chi connectivity index (χ4v) is 12.5. The highest BCUT2D eigenvalue weighted by molar-refractivity contribution is 6.97. The molecule has 96 valence electrons. The van der Waals surface area contributed by atoms with E-state index in [0.29, 0.717) is 0 Å². The number of hydrogen-bond acceptors (Lipinski definition) is 0. The lowest BCUT2D eigenvalue weighted by Gasteiger charge is -2.23. The summed E-state index contributed by atoms with van der Waals surface area (Å²) in [4.78, 5) is 0. The van der Waals surface area contributed by atoms with E-state index in [4.69, 9.17) is 0 Å². The van der Waals surface area contributed by atoms with Gasteiger partial charge in [-0.1, -0.05) is 59.7 Å². The molecule has 2 aliphatic rings. The predicted molar refractivity (Wildman–Crippen MR) is 85.8 cm³/mol. The molecule has 0 bridgehead atoms. The predicted octanol–water partition coefficient (Wildman–Crippen LogP) is 4.87. The lowest BCUT2D eigenvalue weighted by molar-refractivity contribution is 1.13. The van der Waals surface area contributed by atoms with Crippen molar-refractivity contribution in [1.82, 2.24) is 0 Å². The minimum absolute atomic E-state index is 0.219. The maximum absolute atomic E-state index is 2.54. The van der Waals surface area contributed by atoms with Gasteiger partial charge in [0.15, 0.2) is 0 Å². The van der Waals surface area contributed by atoms with Gasteiger partial charge in [0.2, 0.25) is 0 Å². The van der Waals surface area contributed by atoms with Crippen LogP contribution in [0, 0.1) is 0 Å². The molecule has 0 radical (unpaired) electrons. The van der Waals surface area contributed by atoms with Gasteiger partial charge in [-0.2, -0.15) is 0 Å². The van der Waals surface area contributed by atoms with Crippen molar-refractivity contribution >= 4 is 15.8 Å². The molecule has 0 aromatic heterocycles. The Labute approximate surface area is 114 Å². The summed E-state index contributed by atoms with van der Waals surface area (Å²) in [6.45, 7) is 14.2. The average Bonchev–Trinajstić information content (AvgIpc) is 2.71. The van der Waals surface area contributed by atoms with Crippen LogP contribution in [0.25, 0.3) is 0 Å². The fourth-order valence-electron chi connectivity index (χ4n) is 3.27. The third kappa shape index (κ3) is 2.55. The largest absolute Gasteiger partial charge is 0.0743 e. The van der Waals surface area contributed by atoms with Gasteiger partial charge in [0.25, 0.3) is 0 Å². The van der Waals surface area contributed by atoms with E-state index in [9.17, 15) is 0 Å². The zero-order chi connectivity index (χ0) is 13.4. The second kappa shape index (κ2) is 5.18. The molecule has 2 unspecified atom stereocenters. The molecule has 0 heterocycles. The summed E-state index contributed by atoms with van der Waals surface area (Å²) in [5, 5.41) is 0. The summed E-state index contributed by atoms with van der Waals surface area (Å²) in [6.07, 6.45) is 9.86. The smallest absolute Gasteiger partial charge is 0.0117 e. The molecule has 0 amide bonds. The second-order valence-electron chi connectivity index (χ2n) is 6.01. The third-order valence-corrected chi connectivity index (χ3v) is 13.1. The van der Waals surface area contributed by atoms with Crippen LogP contribution in [0.3, 0.4) is 0 Å². The summed E-state index contributed by atoms with van der Waals surface area (Å²) >= 11 is 0. The molecule has 0 saturated carbocycles. The maximum Gasteiger partial charge on any atom is 0.0117 e. The molecule has 2 atom stereocenters. The maximum atomic E-state index is 2.54. The highest BCUT2D eigenvalue weighted by Gasteiger charge is 2.28. The second-order valence-corrected chi connectivity index (χ2v) is 14.9. The molecule has 0 aliphatic heterocycles. The van der Waals surface area contributed by atoms with Crippen LogP contribution in [0.4, 0.5) is 0 Å². The Balaban J connectivity index is 2.43. The Bertz CT molecular complexity index is 481. The topological polar surface area (TPSA) is 0 Å². The Morgan fingerprint density at radius 3 is 1.39 bits per heavy atom. The van der Waals surface area contributed by atoms with Crippen molar-refractivity contribution in [3.8, 4) is 0 Å². The number of allylic oxidation sites excluding steroid dienone is 8. The first-order valence-electron chi connectivity index (χ1n) is 6.80. The molecule has 0 spiro atoms. The molecule has 0 fully saturated rings. The molecule has 0 nitrogen and oxygen atoms in total. The van der Waals surface area contributed by atoms with Gasteiger partial charge in [0.1, 0.15) is 0 Å². The van der Waals surface area contributed by atoms with Crippen molar-refractivity contribution in [1.29, 1.82) is 0 Å². The van der Waals surface area contributed by atoms with Gasteiger partial charge in [-0.15, -0.1) is 0 Å². The van der Waals surface area contributed by atoms with E-state index in [2.05, 4.69) is 65.1 Å². The van der Waals surface area contributed by atoms with E-state index in [1.165, 1.54) is 11.1 Å². The van der Waals surface area contributed by atoms with Gasteiger partial charge in [-0.05, 0) is 35.6 Å². The van der Waals surface area contributed by atoms with E-state index in [1.54, 1.807) is 11.1 Å². The quantitative estimate of drug-likeness (QED) is 0.629. The zero-order valence-corrected chi connectivity index (χ0v) is 14.5. The first-order chi connectivity index (χ1) is 8.40. The van der Waals surface area contributed by atoms with Crippen LogP contribution in [-0.4, -0.2) is 15.8 Å². The minimum Gasteiger partial charge on any atom is -0.0743 e. The average molecular weight is 273 g/mol. The molecule has 0 N–H and O–H groups in total. The van der Waals surface area contributed by atoms with Gasteiger partial charge < -0.3 is 0 Å². The van der Waals surface area contributed by atoms with Gasteiger partial charge in [0, 0.05) is 19.0 Å². The van der Waals surface area contributed by atoms with Crippen LogP contribution in [0.2, 0.25) is 24.2 Å². The molecule has 2 aliphatic carbocycles. The summed E-state index contributed by atoms with van der Waals surface area (Å²) in [7, 11) is -0.586. The van der Waals surface area contributed by atoms with Crippen LogP contribution in [0.1, 0.15) is 27.7 Å². The first kappa shape index (κ1) is 13.8. The summed E-state index contributed by atoms with van der Waals surface area (Å²) in [5.41, 5.74) is 7.72. The van der Waals surface area contributed by atoms with Crippen LogP contribution in [0.15, 0.2) is 46.6 Å². The number of hydrogen-bond donors (Lipinski definition) is 0. The van der Waals surface area contributed by atoms with Crippen LogP contribution in [-0.2, 0) is 0 Å². The summed E-state index contributed by atoms with van der Waals surface area (Å²) < 4.78 is 0. The Morgan fingerprint density at radius 2 is 1.17 bits per heavy atom. The van der Waals surface area contributed by atoms with Gasteiger partial charge >= 0.3 is 0 Å². The molecular weight excluding hydrogens is 248 g/mol. The Morgan fingerprint density at radius 1 is 0.778 bits per heavy atom. The van der Waals surface area contributed by atoms with E-state index < -0.39 is 0 Å². The summed E-state index contributed by atoms with van der Waals surface area (Å²) in [6, 6.07) is 0. The minimum atomic E-state index is -0.367. The van der Waals surface area contributed by atoms with Crippen LogP contribution in [0.5, 0.6) is 0 Å². The molecule has 0 saturated heterocycles. The van der Waals surface area contributed by atoms with Gasteiger partial charge in [-0.25, -0.2) is 0 Å².